The Morgan fingerprint density at radius 3 is 2.62 bits per heavy atom. The van der Waals surface area contributed by atoms with Crippen LogP contribution in [0.25, 0.3) is 0 Å². The molecule has 0 bridgehead atoms. The van der Waals surface area contributed by atoms with E-state index in [4.69, 9.17) is 27.9 Å². The fourth-order valence-electron chi connectivity index (χ4n) is 2.18. The minimum absolute atomic E-state index is 0.176. The molecule has 2 aromatic carbocycles. The molecule has 112 valence electrons. The summed E-state index contributed by atoms with van der Waals surface area (Å²) in [4.78, 5) is 0. The maximum absolute atomic E-state index is 6.15. The van der Waals surface area contributed by atoms with Gasteiger partial charge < -0.3 is 10.1 Å². The zero-order valence-electron chi connectivity index (χ0n) is 12.2. The summed E-state index contributed by atoms with van der Waals surface area (Å²) in [5.41, 5.74) is 2.02. The third-order valence-electron chi connectivity index (χ3n) is 3.29. The van der Waals surface area contributed by atoms with Crippen LogP contribution in [0.2, 0.25) is 10.0 Å². The van der Waals surface area contributed by atoms with Crippen molar-refractivity contribution >= 4 is 23.2 Å². The van der Waals surface area contributed by atoms with Gasteiger partial charge in [-0.3, -0.25) is 0 Å². The first kappa shape index (κ1) is 16.2. The lowest BCUT2D eigenvalue weighted by atomic mass is 10.1. The topological polar surface area (TPSA) is 21.3 Å². The lowest BCUT2D eigenvalue weighted by Gasteiger charge is -2.18. The van der Waals surface area contributed by atoms with Crippen molar-refractivity contribution in [1.82, 2.24) is 5.32 Å². The molecule has 0 amide bonds. The summed E-state index contributed by atoms with van der Waals surface area (Å²) in [6.45, 7) is 5.49. The Kier molecular flexibility index (Phi) is 5.92. The number of benzene rings is 2. The van der Waals surface area contributed by atoms with Crippen molar-refractivity contribution in [1.29, 1.82) is 0 Å². The fraction of sp³-hybridized carbons (Fsp3) is 0.294. The second kappa shape index (κ2) is 7.69. The fourth-order valence-corrected chi connectivity index (χ4v) is 2.55. The van der Waals surface area contributed by atoms with E-state index < -0.39 is 0 Å². The number of halogens is 2. The number of hydrogen-bond acceptors (Lipinski definition) is 2. The SMILES string of the molecule is CCNC(C)c1cc(Cl)ccc1OCc1ccccc1Cl. The molecule has 2 nitrogen and oxygen atoms in total. The molecule has 0 aliphatic carbocycles. The molecule has 0 spiro atoms. The largest absolute Gasteiger partial charge is 0.489 e. The van der Waals surface area contributed by atoms with E-state index in [0.29, 0.717) is 16.7 Å². The standard InChI is InChI=1S/C17H19Cl2NO/c1-3-20-12(2)15-10-14(18)8-9-17(15)21-11-13-6-4-5-7-16(13)19/h4-10,12,20H,3,11H2,1-2H3. The van der Waals surface area contributed by atoms with Crippen LogP contribution in [-0.2, 0) is 6.61 Å². The molecule has 1 N–H and O–H groups in total. The molecule has 0 fully saturated rings. The van der Waals surface area contributed by atoms with Crippen molar-refractivity contribution in [2.75, 3.05) is 6.54 Å². The maximum Gasteiger partial charge on any atom is 0.124 e. The van der Waals surface area contributed by atoms with E-state index in [0.717, 1.165) is 23.4 Å². The summed E-state index contributed by atoms with van der Waals surface area (Å²) < 4.78 is 5.94. The molecule has 0 heterocycles. The zero-order chi connectivity index (χ0) is 15.2. The number of rotatable bonds is 6. The third kappa shape index (κ3) is 4.37. The van der Waals surface area contributed by atoms with E-state index in [1.807, 2.05) is 42.5 Å². The number of hydrogen-bond donors (Lipinski definition) is 1. The van der Waals surface area contributed by atoms with Crippen LogP contribution >= 0.6 is 23.2 Å². The van der Waals surface area contributed by atoms with E-state index in [-0.39, 0.29) is 6.04 Å². The molecule has 1 unspecified atom stereocenters. The Morgan fingerprint density at radius 2 is 1.90 bits per heavy atom. The smallest absolute Gasteiger partial charge is 0.124 e. The molecule has 0 aromatic heterocycles. The van der Waals surface area contributed by atoms with Gasteiger partial charge in [-0.15, -0.1) is 0 Å². The Hall–Kier alpha value is -1.22. The summed E-state index contributed by atoms with van der Waals surface area (Å²) in [7, 11) is 0. The normalized spacial score (nSPS) is 12.2. The zero-order valence-corrected chi connectivity index (χ0v) is 13.7. The van der Waals surface area contributed by atoms with Crippen LogP contribution in [-0.4, -0.2) is 6.54 Å². The Bertz CT molecular complexity index is 601. The predicted octanol–water partition coefficient (Wildman–Crippen LogP) is 5.24. The molecule has 0 aliphatic heterocycles. The Balaban J connectivity index is 2.18. The summed E-state index contributed by atoms with van der Waals surface area (Å²) in [6.07, 6.45) is 0. The van der Waals surface area contributed by atoms with Crippen molar-refractivity contribution in [2.24, 2.45) is 0 Å². The lowest BCUT2D eigenvalue weighted by Crippen LogP contribution is -2.18. The van der Waals surface area contributed by atoms with Gasteiger partial charge in [0, 0.05) is 27.2 Å². The molecule has 21 heavy (non-hydrogen) atoms. The lowest BCUT2D eigenvalue weighted by molar-refractivity contribution is 0.300. The van der Waals surface area contributed by atoms with Gasteiger partial charge in [-0.25, -0.2) is 0 Å². The van der Waals surface area contributed by atoms with Crippen molar-refractivity contribution in [3.05, 3.63) is 63.6 Å². The van der Waals surface area contributed by atoms with E-state index in [1.165, 1.54) is 0 Å². The van der Waals surface area contributed by atoms with Gasteiger partial charge in [0.2, 0.25) is 0 Å². The van der Waals surface area contributed by atoms with Gasteiger partial charge in [-0.05, 0) is 37.7 Å². The van der Waals surface area contributed by atoms with Crippen LogP contribution in [0.4, 0.5) is 0 Å². The molecular formula is C17H19Cl2NO. The molecule has 2 rings (SSSR count). The quantitative estimate of drug-likeness (QED) is 0.784. The monoisotopic (exact) mass is 323 g/mol. The van der Waals surface area contributed by atoms with Gasteiger partial charge >= 0.3 is 0 Å². The summed E-state index contributed by atoms with van der Waals surface area (Å²) in [5, 5.41) is 4.80. The molecular weight excluding hydrogens is 305 g/mol. The van der Waals surface area contributed by atoms with Crippen LogP contribution in [0.5, 0.6) is 5.75 Å². The summed E-state index contributed by atoms with van der Waals surface area (Å²) in [6, 6.07) is 13.6. The minimum atomic E-state index is 0.176. The average Bonchev–Trinajstić information content (AvgIpc) is 2.47. The second-order valence-electron chi connectivity index (χ2n) is 4.84. The first-order valence-electron chi connectivity index (χ1n) is 7.01. The van der Waals surface area contributed by atoms with Gasteiger partial charge in [0.05, 0.1) is 0 Å². The first-order valence-corrected chi connectivity index (χ1v) is 7.76. The van der Waals surface area contributed by atoms with Crippen molar-refractivity contribution in [3.8, 4) is 5.75 Å². The van der Waals surface area contributed by atoms with Crippen molar-refractivity contribution in [3.63, 3.8) is 0 Å². The Morgan fingerprint density at radius 1 is 1.14 bits per heavy atom. The average molecular weight is 324 g/mol. The van der Waals surface area contributed by atoms with E-state index in [2.05, 4.69) is 19.2 Å². The van der Waals surface area contributed by atoms with Gasteiger partial charge in [0.15, 0.2) is 0 Å². The number of ether oxygens (including phenoxy) is 1. The van der Waals surface area contributed by atoms with Gasteiger partial charge in [0.1, 0.15) is 12.4 Å². The third-order valence-corrected chi connectivity index (χ3v) is 3.89. The summed E-state index contributed by atoms with van der Waals surface area (Å²) >= 11 is 12.3. The summed E-state index contributed by atoms with van der Waals surface area (Å²) in [5.74, 6) is 0.827. The highest BCUT2D eigenvalue weighted by atomic mass is 35.5. The van der Waals surface area contributed by atoms with Crippen molar-refractivity contribution < 1.29 is 4.74 Å². The van der Waals surface area contributed by atoms with Crippen molar-refractivity contribution in [2.45, 2.75) is 26.5 Å². The van der Waals surface area contributed by atoms with Crippen LogP contribution in [0.3, 0.4) is 0 Å². The van der Waals surface area contributed by atoms with Crippen LogP contribution < -0.4 is 10.1 Å². The van der Waals surface area contributed by atoms with Gasteiger partial charge in [-0.1, -0.05) is 48.3 Å². The van der Waals surface area contributed by atoms with E-state index in [9.17, 15) is 0 Å². The Labute approximate surface area is 136 Å². The maximum atomic E-state index is 6.15. The van der Waals surface area contributed by atoms with Gasteiger partial charge in [-0.2, -0.15) is 0 Å². The van der Waals surface area contributed by atoms with Crippen LogP contribution in [0, 0.1) is 0 Å². The molecule has 2 aromatic rings. The molecule has 0 radical (unpaired) electrons. The first-order chi connectivity index (χ1) is 10.1. The van der Waals surface area contributed by atoms with Crippen LogP contribution in [0.15, 0.2) is 42.5 Å². The second-order valence-corrected chi connectivity index (χ2v) is 5.69. The molecule has 1 atom stereocenters. The van der Waals surface area contributed by atoms with Gasteiger partial charge in [0.25, 0.3) is 0 Å². The van der Waals surface area contributed by atoms with E-state index >= 15 is 0 Å². The molecule has 0 saturated carbocycles. The highest BCUT2D eigenvalue weighted by Crippen LogP contribution is 2.29. The molecule has 0 saturated heterocycles. The highest BCUT2D eigenvalue weighted by Gasteiger charge is 2.12. The van der Waals surface area contributed by atoms with Crippen LogP contribution in [0.1, 0.15) is 31.0 Å². The molecule has 0 aliphatic rings. The number of nitrogens with one attached hydrogen (secondary N) is 1. The minimum Gasteiger partial charge on any atom is -0.489 e. The predicted molar refractivity (Wildman–Crippen MR) is 89.3 cm³/mol. The molecule has 4 heteroatoms. The highest BCUT2D eigenvalue weighted by molar-refractivity contribution is 6.31. The van der Waals surface area contributed by atoms with E-state index in [1.54, 1.807) is 0 Å².